The van der Waals surface area contributed by atoms with E-state index in [4.69, 9.17) is 5.11 Å². The predicted octanol–water partition coefficient (Wildman–Crippen LogP) is 0.542. The summed E-state index contributed by atoms with van der Waals surface area (Å²) in [6.07, 6.45) is 1.27. The maximum atomic E-state index is 11.4. The smallest absolute Gasteiger partial charge is 0.230 e. The van der Waals surface area contributed by atoms with E-state index in [9.17, 15) is 9.59 Å². The maximum absolute atomic E-state index is 11.4. The quantitative estimate of drug-likeness (QED) is 0.672. The second-order valence-electron chi connectivity index (χ2n) is 4.12. The molecule has 0 bridgehead atoms. The first-order valence-corrected chi connectivity index (χ1v) is 5.02. The summed E-state index contributed by atoms with van der Waals surface area (Å²) in [6, 6.07) is -0.322. The van der Waals surface area contributed by atoms with E-state index in [1.165, 1.54) is 4.90 Å². The van der Waals surface area contributed by atoms with E-state index in [-0.39, 0.29) is 24.5 Å². The summed E-state index contributed by atoms with van der Waals surface area (Å²) in [5.41, 5.74) is 0. The largest absolute Gasteiger partial charge is 0.394 e. The highest BCUT2D eigenvalue weighted by Crippen LogP contribution is 2.19. The first-order valence-electron chi connectivity index (χ1n) is 5.02. The molecule has 0 aromatic carbocycles. The summed E-state index contributed by atoms with van der Waals surface area (Å²) < 4.78 is 0. The molecule has 0 aromatic rings. The minimum absolute atomic E-state index is 0.129. The molecule has 1 aliphatic rings. The standard InChI is InChI=1S/C10H17NO3/c1-7(2)5-8(6-12)11-9(13)3-4-10(11)14/h7-8,12H,3-6H2,1-2H3. The monoisotopic (exact) mass is 199 g/mol. The molecular weight excluding hydrogens is 182 g/mol. The molecule has 1 fully saturated rings. The highest BCUT2D eigenvalue weighted by atomic mass is 16.3. The molecule has 0 aliphatic carbocycles. The topological polar surface area (TPSA) is 57.6 Å². The van der Waals surface area contributed by atoms with Crippen LogP contribution in [0.25, 0.3) is 0 Å². The van der Waals surface area contributed by atoms with Gasteiger partial charge in [-0.3, -0.25) is 14.5 Å². The average molecular weight is 199 g/mol. The Labute approximate surface area is 83.9 Å². The molecule has 1 rings (SSSR count). The number of carbonyl (C=O) groups excluding carboxylic acids is 2. The molecule has 2 amide bonds. The number of imide groups is 1. The first kappa shape index (κ1) is 11.2. The Balaban J connectivity index is 2.67. The van der Waals surface area contributed by atoms with Crippen LogP contribution in [0, 0.1) is 5.92 Å². The van der Waals surface area contributed by atoms with Crippen LogP contribution in [0.15, 0.2) is 0 Å². The van der Waals surface area contributed by atoms with E-state index in [1.807, 2.05) is 13.8 Å². The molecule has 1 unspecified atom stereocenters. The third-order valence-corrected chi connectivity index (χ3v) is 2.41. The van der Waals surface area contributed by atoms with E-state index in [1.54, 1.807) is 0 Å². The molecule has 4 heteroatoms. The van der Waals surface area contributed by atoms with Gasteiger partial charge in [-0.1, -0.05) is 13.8 Å². The molecular formula is C10H17NO3. The van der Waals surface area contributed by atoms with Crippen molar-refractivity contribution in [1.29, 1.82) is 0 Å². The van der Waals surface area contributed by atoms with Gasteiger partial charge < -0.3 is 5.11 Å². The van der Waals surface area contributed by atoms with Crippen LogP contribution < -0.4 is 0 Å². The molecule has 4 nitrogen and oxygen atoms in total. The summed E-state index contributed by atoms with van der Waals surface area (Å²) in [5.74, 6) is 0.0813. The van der Waals surface area contributed by atoms with Gasteiger partial charge in [0.15, 0.2) is 0 Å². The zero-order valence-electron chi connectivity index (χ0n) is 8.69. The number of aliphatic hydroxyl groups excluding tert-OH is 1. The Hall–Kier alpha value is -0.900. The van der Waals surface area contributed by atoms with Crippen LogP contribution in [0.4, 0.5) is 0 Å². The number of aliphatic hydroxyl groups is 1. The first-order chi connectivity index (χ1) is 6.56. The van der Waals surface area contributed by atoms with Crippen LogP contribution in [0.5, 0.6) is 0 Å². The molecule has 14 heavy (non-hydrogen) atoms. The Morgan fingerprint density at radius 2 is 1.79 bits per heavy atom. The van der Waals surface area contributed by atoms with E-state index < -0.39 is 0 Å². The molecule has 0 spiro atoms. The fraction of sp³-hybridized carbons (Fsp3) is 0.800. The van der Waals surface area contributed by atoms with Gasteiger partial charge in [-0.25, -0.2) is 0 Å². The Bertz CT molecular complexity index is 222. The van der Waals surface area contributed by atoms with Crippen molar-refractivity contribution in [3.8, 4) is 0 Å². The molecule has 0 radical (unpaired) electrons. The maximum Gasteiger partial charge on any atom is 0.230 e. The highest BCUT2D eigenvalue weighted by Gasteiger charge is 2.34. The fourth-order valence-electron chi connectivity index (χ4n) is 1.81. The van der Waals surface area contributed by atoms with Crippen molar-refractivity contribution in [3.05, 3.63) is 0 Å². The third-order valence-electron chi connectivity index (χ3n) is 2.41. The minimum atomic E-state index is -0.322. The zero-order valence-corrected chi connectivity index (χ0v) is 8.69. The van der Waals surface area contributed by atoms with Crippen molar-refractivity contribution in [1.82, 2.24) is 4.90 Å². The van der Waals surface area contributed by atoms with Crippen LogP contribution in [0.1, 0.15) is 33.1 Å². The van der Waals surface area contributed by atoms with Gasteiger partial charge in [0, 0.05) is 12.8 Å². The number of likely N-dealkylation sites (tertiary alicyclic amines) is 1. The number of amides is 2. The molecule has 1 aliphatic heterocycles. The zero-order chi connectivity index (χ0) is 10.7. The number of hydrogen-bond acceptors (Lipinski definition) is 3. The van der Waals surface area contributed by atoms with Gasteiger partial charge in [-0.05, 0) is 12.3 Å². The van der Waals surface area contributed by atoms with E-state index in [0.29, 0.717) is 25.2 Å². The number of nitrogens with zero attached hydrogens (tertiary/aromatic N) is 1. The van der Waals surface area contributed by atoms with Crippen LogP contribution in [-0.2, 0) is 9.59 Å². The summed E-state index contributed by atoms with van der Waals surface area (Å²) >= 11 is 0. The van der Waals surface area contributed by atoms with Gasteiger partial charge in [0.2, 0.25) is 11.8 Å². The molecule has 1 atom stereocenters. The van der Waals surface area contributed by atoms with E-state index in [2.05, 4.69) is 0 Å². The van der Waals surface area contributed by atoms with Gasteiger partial charge in [-0.2, -0.15) is 0 Å². The third kappa shape index (κ3) is 2.32. The van der Waals surface area contributed by atoms with Crippen molar-refractivity contribution in [2.75, 3.05) is 6.61 Å². The molecule has 0 aromatic heterocycles. The number of carbonyl (C=O) groups is 2. The second kappa shape index (κ2) is 4.55. The lowest BCUT2D eigenvalue weighted by Gasteiger charge is -2.25. The van der Waals surface area contributed by atoms with Crippen molar-refractivity contribution in [3.63, 3.8) is 0 Å². The van der Waals surface area contributed by atoms with Gasteiger partial charge in [-0.15, -0.1) is 0 Å². The predicted molar refractivity (Wildman–Crippen MR) is 51.4 cm³/mol. The Morgan fingerprint density at radius 1 is 1.29 bits per heavy atom. The molecule has 80 valence electrons. The second-order valence-corrected chi connectivity index (χ2v) is 4.12. The van der Waals surface area contributed by atoms with Crippen molar-refractivity contribution >= 4 is 11.8 Å². The Morgan fingerprint density at radius 3 is 2.14 bits per heavy atom. The summed E-state index contributed by atoms with van der Waals surface area (Å²) in [4.78, 5) is 24.0. The fourth-order valence-corrected chi connectivity index (χ4v) is 1.81. The number of rotatable bonds is 4. The molecule has 0 saturated carbocycles. The lowest BCUT2D eigenvalue weighted by atomic mass is 10.0. The highest BCUT2D eigenvalue weighted by molar-refractivity contribution is 6.02. The lowest BCUT2D eigenvalue weighted by Crippen LogP contribution is -2.42. The minimum Gasteiger partial charge on any atom is -0.394 e. The van der Waals surface area contributed by atoms with Crippen LogP contribution in [0.2, 0.25) is 0 Å². The van der Waals surface area contributed by atoms with Crippen LogP contribution >= 0.6 is 0 Å². The molecule has 1 N–H and O–H groups in total. The summed E-state index contributed by atoms with van der Waals surface area (Å²) in [7, 11) is 0. The molecule has 1 saturated heterocycles. The normalized spacial score (nSPS) is 19.6. The number of hydrogen-bond donors (Lipinski definition) is 1. The lowest BCUT2D eigenvalue weighted by molar-refractivity contribution is -0.142. The summed E-state index contributed by atoms with van der Waals surface area (Å²) in [5, 5.41) is 9.12. The van der Waals surface area contributed by atoms with Crippen molar-refractivity contribution in [2.24, 2.45) is 5.92 Å². The SMILES string of the molecule is CC(C)CC(CO)N1C(=O)CCC1=O. The van der Waals surface area contributed by atoms with E-state index >= 15 is 0 Å². The van der Waals surface area contributed by atoms with Gasteiger partial charge in [0.25, 0.3) is 0 Å². The Kier molecular flexibility index (Phi) is 3.63. The average Bonchev–Trinajstić information content (AvgIpc) is 2.43. The molecule has 1 heterocycles. The van der Waals surface area contributed by atoms with Gasteiger partial charge in [0.05, 0.1) is 12.6 Å². The van der Waals surface area contributed by atoms with Crippen molar-refractivity contribution in [2.45, 2.75) is 39.2 Å². The van der Waals surface area contributed by atoms with E-state index in [0.717, 1.165) is 0 Å². The van der Waals surface area contributed by atoms with Crippen LogP contribution in [0.3, 0.4) is 0 Å². The van der Waals surface area contributed by atoms with Gasteiger partial charge in [0.1, 0.15) is 0 Å². The van der Waals surface area contributed by atoms with Crippen LogP contribution in [-0.4, -0.2) is 34.5 Å². The summed E-state index contributed by atoms with van der Waals surface area (Å²) in [6.45, 7) is 3.89. The van der Waals surface area contributed by atoms with Gasteiger partial charge >= 0.3 is 0 Å². The van der Waals surface area contributed by atoms with Crippen molar-refractivity contribution < 1.29 is 14.7 Å².